The standard InChI is InChI=1S/C23H24N2O3S/c1-3-25-12-11-18-19(14-25)29-22(20(18)23(27)28-4-2)24-21(26)17-10-9-15-7-5-6-8-16(15)13-17/h5-10,13H,3-4,11-12,14H2,1-2H3,(H,24,26)/p+1. The van der Waals surface area contributed by atoms with Crippen LogP contribution in [0.3, 0.4) is 0 Å². The van der Waals surface area contributed by atoms with Crippen molar-refractivity contribution < 1.29 is 19.2 Å². The zero-order chi connectivity index (χ0) is 20.4. The van der Waals surface area contributed by atoms with E-state index in [1.807, 2.05) is 42.5 Å². The molecule has 2 heterocycles. The summed E-state index contributed by atoms with van der Waals surface area (Å²) in [7, 11) is 0. The van der Waals surface area contributed by atoms with E-state index in [9.17, 15) is 9.59 Å². The zero-order valence-electron chi connectivity index (χ0n) is 16.7. The summed E-state index contributed by atoms with van der Waals surface area (Å²) in [6.45, 7) is 7.20. The maximum atomic E-state index is 13.0. The van der Waals surface area contributed by atoms with Crippen LogP contribution in [0.4, 0.5) is 5.00 Å². The van der Waals surface area contributed by atoms with Crippen LogP contribution in [0.15, 0.2) is 42.5 Å². The van der Waals surface area contributed by atoms with E-state index in [0.29, 0.717) is 22.7 Å². The fourth-order valence-corrected chi connectivity index (χ4v) is 5.15. The molecule has 0 spiro atoms. The summed E-state index contributed by atoms with van der Waals surface area (Å²) in [6.07, 6.45) is 0.828. The highest BCUT2D eigenvalue weighted by Gasteiger charge is 2.31. The van der Waals surface area contributed by atoms with Crippen molar-refractivity contribution in [2.75, 3.05) is 25.0 Å². The van der Waals surface area contributed by atoms with Gasteiger partial charge >= 0.3 is 5.97 Å². The molecule has 1 atom stereocenters. The van der Waals surface area contributed by atoms with E-state index in [1.165, 1.54) is 21.1 Å². The van der Waals surface area contributed by atoms with Crippen LogP contribution in [0.1, 0.15) is 45.0 Å². The number of fused-ring (bicyclic) bond motifs is 2. The molecule has 0 saturated carbocycles. The lowest BCUT2D eigenvalue weighted by Crippen LogP contribution is -3.11. The first-order valence-corrected chi connectivity index (χ1v) is 10.9. The van der Waals surface area contributed by atoms with E-state index >= 15 is 0 Å². The quantitative estimate of drug-likeness (QED) is 0.636. The highest BCUT2D eigenvalue weighted by Crippen LogP contribution is 2.35. The van der Waals surface area contributed by atoms with Crippen molar-refractivity contribution in [1.82, 2.24) is 0 Å². The average molecular weight is 410 g/mol. The Morgan fingerprint density at radius 3 is 2.69 bits per heavy atom. The van der Waals surface area contributed by atoms with Gasteiger partial charge in [0.2, 0.25) is 0 Å². The summed E-state index contributed by atoms with van der Waals surface area (Å²) in [5, 5.41) is 5.69. The Balaban J connectivity index is 1.67. The topological polar surface area (TPSA) is 59.8 Å². The third kappa shape index (κ3) is 3.91. The summed E-state index contributed by atoms with van der Waals surface area (Å²) in [4.78, 5) is 28.3. The SMILES string of the molecule is CCOC(=O)c1c(NC(=O)c2ccc3ccccc3c2)sc2c1CC[NH+](CC)C2. The minimum Gasteiger partial charge on any atom is -0.462 e. The molecule has 0 radical (unpaired) electrons. The molecule has 0 bridgehead atoms. The van der Waals surface area contributed by atoms with E-state index in [0.717, 1.165) is 42.4 Å². The fraction of sp³-hybridized carbons (Fsp3) is 0.304. The number of rotatable bonds is 5. The number of quaternary nitrogens is 1. The lowest BCUT2D eigenvalue weighted by atomic mass is 10.0. The van der Waals surface area contributed by atoms with Crippen LogP contribution in [0.25, 0.3) is 10.8 Å². The number of thiophene rings is 1. The molecule has 4 rings (SSSR count). The molecule has 0 aliphatic carbocycles. The Bertz CT molecular complexity index is 1070. The predicted molar refractivity (Wildman–Crippen MR) is 116 cm³/mol. The summed E-state index contributed by atoms with van der Waals surface area (Å²) in [5.74, 6) is -0.557. The summed E-state index contributed by atoms with van der Waals surface area (Å²) in [6, 6.07) is 13.6. The summed E-state index contributed by atoms with van der Waals surface area (Å²) < 4.78 is 5.30. The maximum Gasteiger partial charge on any atom is 0.341 e. The number of anilines is 1. The number of hydrogen-bond donors (Lipinski definition) is 2. The van der Waals surface area contributed by atoms with Gasteiger partial charge in [-0.1, -0.05) is 30.3 Å². The molecule has 1 amide bonds. The number of amides is 1. The van der Waals surface area contributed by atoms with Gasteiger partial charge in [0.25, 0.3) is 5.91 Å². The second kappa shape index (κ2) is 8.35. The van der Waals surface area contributed by atoms with Crippen molar-refractivity contribution in [1.29, 1.82) is 0 Å². The highest BCUT2D eigenvalue weighted by molar-refractivity contribution is 7.17. The minimum atomic E-state index is -0.348. The average Bonchev–Trinajstić information content (AvgIpc) is 3.10. The van der Waals surface area contributed by atoms with Crippen LogP contribution in [-0.4, -0.2) is 31.6 Å². The van der Waals surface area contributed by atoms with E-state index < -0.39 is 0 Å². The number of likely N-dealkylation sites (N-methyl/N-ethyl adjacent to an activating group) is 1. The van der Waals surface area contributed by atoms with Crippen molar-refractivity contribution >= 4 is 39.0 Å². The van der Waals surface area contributed by atoms with E-state index in [1.54, 1.807) is 6.92 Å². The Morgan fingerprint density at radius 1 is 1.14 bits per heavy atom. The van der Waals surface area contributed by atoms with Gasteiger partial charge in [0.05, 0.1) is 30.1 Å². The molecule has 0 fully saturated rings. The predicted octanol–water partition coefficient (Wildman–Crippen LogP) is 3.29. The minimum absolute atomic E-state index is 0.209. The second-order valence-electron chi connectivity index (χ2n) is 7.22. The number of benzene rings is 2. The Kier molecular flexibility index (Phi) is 5.65. The van der Waals surface area contributed by atoms with Gasteiger partial charge in [-0.2, -0.15) is 0 Å². The lowest BCUT2D eigenvalue weighted by Gasteiger charge is -2.22. The van der Waals surface area contributed by atoms with Gasteiger partial charge < -0.3 is 15.0 Å². The van der Waals surface area contributed by atoms with Crippen LogP contribution in [-0.2, 0) is 17.7 Å². The molecule has 29 heavy (non-hydrogen) atoms. The first-order chi connectivity index (χ1) is 14.1. The molecule has 1 unspecified atom stereocenters. The van der Waals surface area contributed by atoms with E-state index in [2.05, 4.69) is 12.2 Å². The second-order valence-corrected chi connectivity index (χ2v) is 8.33. The lowest BCUT2D eigenvalue weighted by molar-refractivity contribution is -0.913. The molecule has 0 saturated heterocycles. The molecule has 1 aliphatic heterocycles. The number of carbonyl (C=O) groups excluding carboxylic acids is 2. The van der Waals surface area contributed by atoms with Gasteiger partial charge in [0.15, 0.2) is 0 Å². The molecule has 5 nitrogen and oxygen atoms in total. The third-order valence-electron chi connectivity index (χ3n) is 5.45. The molecule has 2 aromatic carbocycles. The van der Waals surface area contributed by atoms with Gasteiger partial charge in [-0.15, -0.1) is 11.3 Å². The first-order valence-electron chi connectivity index (χ1n) is 10.1. The normalized spacial score (nSPS) is 15.7. The molecule has 150 valence electrons. The Labute approximate surface area is 174 Å². The number of ether oxygens (including phenoxy) is 1. The van der Waals surface area contributed by atoms with Crippen LogP contribution >= 0.6 is 11.3 Å². The fourth-order valence-electron chi connectivity index (χ4n) is 3.85. The van der Waals surface area contributed by atoms with E-state index in [4.69, 9.17) is 4.74 Å². The smallest absolute Gasteiger partial charge is 0.341 e. The monoisotopic (exact) mass is 409 g/mol. The van der Waals surface area contributed by atoms with Crippen molar-refractivity contribution in [3.05, 3.63) is 64.0 Å². The van der Waals surface area contributed by atoms with Crippen LogP contribution in [0.5, 0.6) is 0 Å². The van der Waals surface area contributed by atoms with Gasteiger partial charge in [0.1, 0.15) is 11.5 Å². The molecule has 3 aromatic rings. The highest BCUT2D eigenvalue weighted by atomic mass is 32.1. The van der Waals surface area contributed by atoms with Crippen molar-refractivity contribution in [3.63, 3.8) is 0 Å². The summed E-state index contributed by atoms with van der Waals surface area (Å²) in [5.41, 5.74) is 2.15. The van der Waals surface area contributed by atoms with Crippen LogP contribution < -0.4 is 10.2 Å². The Morgan fingerprint density at radius 2 is 1.93 bits per heavy atom. The van der Waals surface area contributed by atoms with Crippen LogP contribution in [0, 0.1) is 0 Å². The molecule has 1 aromatic heterocycles. The van der Waals surface area contributed by atoms with Crippen molar-refractivity contribution in [2.24, 2.45) is 0 Å². The van der Waals surface area contributed by atoms with Crippen molar-refractivity contribution in [3.8, 4) is 0 Å². The number of nitrogens with one attached hydrogen (secondary N) is 2. The first kappa shape index (κ1) is 19.6. The molecule has 6 heteroatoms. The third-order valence-corrected chi connectivity index (χ3v) is 6.60. The molecular weight excluding hydrogens is 384 g/mol. The van der Waals surface area contributed by atoms with Gasteiger partial charge in [0, 0.05) is 12.0 Å². The van der Waals surface area contributed by atoms with Gasteiger partial charge in [-0.05, 0) is 42.3 Å². The zero-order valence-corrected chi connectivity index (χ0v) is 17.5. The van der Waals surface area contributed by atoms with Crippen molar-refractivity contribution in [2.45, 2.75) is 26.8 Å². The van der Waals surface area contributed by atoms with Gasteiger partial charge in [-0.3, -0.25) is 4.79 Å². The van der Waals surface area contributed by atoms with Crippen LogP contribution in [0.2, 0.25) is 0 Å². The number of esters is 1. The number of hydrogen-bond acceptors (Lipinski definition) is 4. The molecule has 2 N–H and O–H groups in total. The largest absolute Gasteiger partial charge is 0.462 e. The van der Waals surface area contributed by atoms with E-state index in [-0.39, 0.29) is 11.9 Å². The molecule has 1 aliphatic rings. The molecular formula is C23H25N2O3S+. The summed E-state index contributed by atoms with van der Waals surface area (Å²) >= 11 is 1.51. The Hall–Kier alpha value is -2.70. The van der Waals surface area contributed by atoms with Gasteiger partial charge in [-0.25, -0.2) is 4.79 Å². The maximum absolute atomic E-state index is 13.0. The number of carbonyl (C=O) groups is 2.